The zero-order valence-corrected chi connectivity index (χ0v) is 30.3. The van der Waals surface area contributed by atoms with Gasteiger partial charge in [-0.2, -0.15) is 0 Å². The molecule has 2 nitrogen and oxygen atoms in total. The third-order valence-electron chi connectivity index (χ3n) is 11.6. The molecule has 0 N–H and O–H groups in total. The van der Waals surface area contributed by atoms with Crippen LogP contribution in [0.2, 0.25) is 0 Å². The first-order valence-corrected chi connectivity index (χ1v) is 19.2. The van der Waals surface area contributed by atoms with Crippen LogP contribution in [0, 0.1) is 0 Å². The van der Waals surface area contributed by atoms with Crippen molar-refractivity contribution in [2.75, 3.05) is 0 Å². The average Bonchev–Trinajstić information content (AvgIpc) is 3.84. The summed E-state index contributed by atoms with van der Waals surface area (Å²) in [6.45, 7) is 0. The van der Waals surface area contributed by atoms with Crippen molar-refractivity contribution in [2.24, 2.45) is 0 Å². The molecule has 2 aromatic heterocycles. The first kappa shape index (κ1) is 31.0. The summed E-state index contributed by atoms with van der Waals surface area (Å²) in [7, 11) is 0. The van der Waals surface area contributed by atoms with E-state index in [9.17, 15) is 0 Å². The molecule has 0 atom stereocenters. The molecule has 2 heterocycles. The van der Waals surface area contributed by atoms with E-state index in [1.54, 1.807) is 0 Å². The molecule has 0 aliphatic heterocycles. The van der Waals surface area contributed by atoms with Crippen molar-refractivity contribution in [3.63, 3.8) is 0 Å². The van der Waals surface area contributed by atoms with E-state index in [-0.39, 0.29) is 0 Å². The largest absolute Gasteiger partial charge is 0.456 e. The number of rotatable bonds is 4. The Bertz CT molecular complexity index is 3470. The number of furan rings is 2. The number of hydrogen-bond acceptors (Lipinski definition) is 2. The molecule has 12 rings (SSSR count). The minimum absolute atomic E-state index is 0.882. The van der Waals surface area contributed by atoms with E-state index in [0.717, 1.165) is 60.9 Å². The molecule has 0 aliphatic rings. The van der Waals surface area contributed by atoms with Crippen molar-refractivity contribution in [1.82, 2.24) is 0 Å². The molecule has 0 unspecified atom stereocenters. The van der Waals surface area contributed by atoms with Gasteiger partial charge in [0.2, 0.25) is 0 Å². The van der Waals surface area contributed by atoms with Gasteiger partial charge in [0, 0.05) is 27.3 Å². The van der Waals surface area contributed by atoms with Gasteiger partial charge in [-0.15, -0.1) is 0 Å². The Kier molecular flexibility index (Phi) is 6.66. The SMILES string of the molecule is c1ccc(-c2oc3ccc4ccccc4c3c2-c2cccc(-c3c4ccccc4c(-c4cccc5oc6cc7ccccc7cc6c45)c4ccccc34)c2)cc1. The van der Waals surface area contributed by atoms with Crippen LogP contribution in [-0.2, 0) is 0 Å². The second kappa shape index (κ2) is 12.0. The van der Waals surface area contributed by atoms with Gasteiger partial charge in [-0.1, -0.05) is 164 Å². The minimum atomic E-state index is 0.882. The Labute approximate surface area is 322 Å². The van der Waals surface area contributed by atoms with Gasteiger partial charge in [0.25, 0.3) is 0 Å². The lowest BCUT2D eigenvalue weighted by atomic mass is 9.84. The van der Waals surface area contributed by atoms with Crippen LogP contribution in [0.15, 0.2) is 203 Å². The summed E-state index contributed by atoms with van der Waals surface area (Å²) in [6, 6.07) is 69.7. The lowest BCUT2D eigenvalue weighted by Gasteiger charge is -2.18. The Balaban J connectivity index is 1.14. The highest BCUT2D eigenvalue weighted by Gasteiger charge is 2.23. The Hall–Kier alpha value is -7.42. The van der Waals surface area contributed by atoms with Gasteiger partial charge in [-0.05, 0) is 101 Å². The standard InChI is InChI=1S/C54H32O2/c1-2-15-34(16-3-1)54-50(53-39-21-7-6-14-33(39)28-29-47(53)56-54)38-20-12-19-37(30-38)49-40-22-8-10-24-42(40)51(43-25-11-9-23-41(43)49)44-26-13-27-46-52(44)45-31-35-17-4-5-18-36(35)32-48(45)55-46/h1-32H. The molecule has 0 fully saturated rings. The molecule has 0 bridgehead atoms. The lowest BCUT2D eigenvalue weighted by Crippen LogP contribution is -1.92. The van der Waals surface area contributed by atoms with Crippen molar-refractivity contribution >= 4 is 76.0 Å². The number of hydrogen-bond donors (Lipinski definition) is 0. The fraction of sp³-hybridized carbons (Fsp3) is 0. The minimum Gasteiger partial charge on any atom is -0.456 e. The van der Waals surface area contributed by atoms with Crippen LogP contribution < -0.4 is 0 Å². The Morgan fingerprint density at radius 1 is 0.268 bits per heavy atom. The molecule has 2 heteroatoms. The number of benzene rings is 10. The molecular formula is C54H32O2. The molecule has 0 saturated carbocycles. The molecule has 12 aromatic rings. The molecule has 0 radical (unpaired) electrons. The predicted octanol–water partition coefficient (Wildman–Crippen LogP) is 15.6. The summed E-state index contributed by atoms with van der Waals surface area (Å²) in [5.41, 5.74) is 10.7. The molecule has 0 spiro atoms. The predicted molar refractivity (Wildman–Crippen MR) is 235 cm³/mol. The fourth-order valence-corrected chi connectivity index (χ4v) is 9.22. The van der Waals surface area contributed by atoms with Gasteiger partial charge < -0.3 is 8.83 Å². The maximum atomic E-state index is 6.77. The molecular weight excluding hydrogens is 681 g/mol. The molecule has 260 valence electrons. The monoisotopic (exact) mass is 712 g/mol. The van der Waals surface area contributed by atoms with Crippen LogP contribution in [0.25, 0.3) is 121 Å². The van der Waals surface area contributed by atoms with Crippen molar-refractivity contribution in [3.8, 4) is 44.7 Å². The van der Waals surface area contributed by atoms with Crippen LogP contribution in [0.4, 0.5) is 0 Å². The van der Waals surface area contributed by atoms with E-state index in [1.165, 1.54) is 59.8 Å². The third kappa shape index (κ3) is 4.57. The van der Waals surface area contributed by atoms with Crippen molar-refractivity contribution in [2.45, 2.75) is 0 Å². The van der Waals surface area contributed by atoms with Gasteiger partial charge >= 0.3 is 0 Å². The summed E-state index contributed by atoms with van der Waals surface area (Å²) < 4.78 is 13.4. The van der Waals surface area contributed by atoms with Gasteiger partial charge in [-0.25, -0.2) is 0 Å². The van der Waals surface area contributed by atoms with Gasteiger partial charge in [0.15, 0.2) is 0 Å². The maximum Gasteiger partial charge on any atom is 0.143 e. The van der Waals surface area contributed by atoms with E-state index >= 15 is 0 Å². The average molecular weight is 713 g/mol. The van der Waals surface area contributed by atoms with E-state index in [2.05, 4.69) is 194 Å². The fourth-order valence-electron chi connectivity index (χ4n) is 9.22. The normalized spacial score (nSPS) is 11.9. The van der Waals surface area contributed by atoms with E-state index in [4.69, 9.17) is 8.83 Å². The summed E-state index contributed by atoms with van der Waals surface area (Å²) in [5.74, 6) is 0.882. The molecule has 0 amide bonds. The smallest absolute Gasteiger partial charge is 0.143 e. The van der Waals surface area contributed by atoms with Crippen LogP contribution >= 0.6 is 0 Å². The second-order valence-electron chi connectivity index (χ2n) is 14.7. The molecule has 0 aliphatic carbocycles. The van der Waals surface area contributed by atoms with Crippen molar-refractivity contribution < 1.29 is 8.83 Å². The van der Waals surface area contributed by atoms with Gasteiger partial charge in [-0.3, -0.25) is 0 Å². The first-order chi connectivity index (χ1) is 27.8. The summed E-state index contributed by atoms with van der Waals surface area (Å²) in [6.07, 6.45) is 0. The maximum absolute atomic E-state index is 6.77. The first-order valence-electron chi connectivity index (χ1n) is 19.2. The highest BCUT2D eigenvalue weighted by Crippen LogP contribution is 2.49. The third-order valence-corrected chi connectivity index (χ3v) is 11.6. The Morgan fingerprint density at radius 2 is 0.821 bits per heavy atom. The summed E-state index contributed by atoms with van der Waals surface area (Å²) in [4.78, 5) is 0. The topological polar surface area (TPSA) is 26.3 Å². The second-order valence-corrected chi connectivity index (χ2v) is 14.7. The zero-order valence-electron chi connectivity index (χ0n) is 30.3. The summed E-state index contributed by atoms with van der Waals surface area (Å²) in [5, 5.41) is 13.0. The summed E-state index contributed by atoms with van der Waals surface area (Å²) >= 11 is 0. The highest BCUT2D eigenvalue weighted by molar-refractivity contribution is 6.26. The van der Waals surface area contributed by atoms with E-state index in [1.807, 2.05) is 0 Å². The molecule has 56 heavy (non-hydrogen) atoms. The molecule has 10 aromatic carbocycles. The van der Waals surface area contributed by atoms with Gasteiger partial charge in [0.05, 0.1) is 0 Å². The van der Waals surface area contributed by atoms with E-state index in [0.29, 0.717) is 0 Å². The Morgan fingerprint density at radius 3 is 1.55 bits per heavy atom. The van der Waals surface area contributed by atoms with E-state index < -0.39 is 0 Å². The quantitative estimate of drug-likeness (QED) is 0.170. The lowest BCUT2D eigenvalue weighted by molar-refractivity contribution is 0.632. The highest BCUT2D eigenvalue weighted by atomic mass is 16.3. The molecule has 0 saturated heterocycles. The number of fused-ring (bicyclic) bond motifs is 9. The van der Waals surface area contributed by atoms with Crippen molar-refractivity contribution in [1.29, 1.82) is 0 Å². The van der Waals surface area contributed by atoms with Crippen LogP contribution in [0.1, 0.15) is 0 Å². The van der Waals surface area contributed by atoms with Crippen molar-refractivity contribution in [3.05, 3.63) is 194 Å². The zero-order chi connectivity index (χ0) is 36.7. The van der Waals surface area contributed by atoms with Gasteiger partial charge in [0.1, 0.15) is 22.5 Å². The van der Waals surface area contributed by atoms with Crippen LogP contribution in [-0.4, -0.2) is 0 Å². The van der Waals surface area contributed by atoms with Crippen LogP contribution in [0.5, 0.6) is 0 Å². The van der Waals surface area contributed by atoms with Crippen LogP contribution in [0.3, 0.4) is 0 Å².